The molecule has 1 N–H and O–H groups in total. The predicted octanol–water partition coefficient (Wildman–Crippen LogP) is 4.92. The molecule has 0 fully saturated rings. The maximum Gasteiger partial charge on any atom is 0.256 e. The van der Waals surface area contributed by atoms with E-state index < -0.39 is 0 Å². The van der Waals surface area contributed by atoms with Crippen molar-refractivity contribution in [2.75, 3.05) is 5.32 Å². The van der Waals surface area contributed by atoms with E-state index in [1.807, 2.05) is 50.2 Å². The monoisotopic (exact) mass is 429 g/mol. The largest absolute Gasteiger partial charge is 0.322 e. The van der Waals surface area contributed by atoms with Crippen LogP contribution in [0.4, 0.5) is 5.69 Å². The van der Waals surface area contributed by atoms with Crippen LogP contribution in [0.25, 0.3) is 0 Å². The van der Waals surface area contributed by atoms with Gasteiger partial charge in [0.25, 0.3) is 5.91 Å². The number of carbonyl (C=O) groups excluding carboxylic acids is 1. The molecule has 0 spiro atoms. The Bertz CT molecular complexity index is 640. The molecule has 0 aromatic heterocycles. The van der Waals surface area contributed by atoms with Crippen LogP contribution in [0.2, 0.25) is 0 Å². The Morgan fingerprint density at radius 2 is 1.89 bits per heavy atom. The van der Waals surface area contributed by atoms with E-state index in [2.05, 4.69) is 43.8 Å². The number of rotatable bonds is 2. The molecule has 0 aliphatic heterocycles. The van der Waals surface area contributed by atoms with Gasteiger partial charge in [-0.15, -0.1) is 0 Å². The summed E-state index contributed by atoms with van der Waals surface area (Å²) in [5, 5.41) is 2.92. The second-order valence-electron chi connectivity index (χ2n) is 4.40. The Morgan fingerprint density at radius 1 is 1.16 bits per heavy atom. The zero-order valence-corrected chi connectivity index (χ0v) is 14.4. The average Bonchev–Trinajstić information content (AvgIpc) is 2.36. The fraction of sp³-hybridized carbons (Fsp3) is 0.133. The molecule has 0 unspecified atom stereocenters. The van der Waals surface area contributed by atoms with Crippen molar-refractivity contribution in [3.8, 4) is 0 Å². The summed E-state index contributed by atoms with van der Waals surface area (Å²) in [5.74, 6) is -0.102. The Labute approximate surface area is 134 Å². The predicted molar refractivity (Wildman–Crippen MR) is 90.7 cm³/mol. The number of hydrogen-bond donors (Lipinski definition) is 1. The maximum atomic E-state index is 12.2. The lowest BCUT2D eigenvalue weighted by atomic mass is 10.1. The Hall–Kier alpha value is -0.880. The first-order chi connectivity index (χ1) is 8.97. The summed E-state index contributed by atoms with van der Waals surface area (Å²) in [6.07, 6.45) is 0. The van der Waals surface area contributed by atoms with Gasteiger partial charge in [-0.2, -0.15) is 0 Å². The van der Waals surface area contributed by atoms with Crippen molar-refractivity contribution in [1.82, 2.24) is 0 Å². The highest BCUT2D eigenvalue weighted by Crippen LogP contribution is 2.21. The number of amides is 1. The summed E-state index contributed by atoms with van der Waals surface area (Å²) in [6.45, 7) is 4.02. The first kappa shape index (κ1) is 14.5. The van der Waals surface area contributed by atoms with Gasteiger partial charge in [0.1, 0.15) is 0 Å². The van der Waals surface area contributed by atoms with E-state index in [0.29, 0.717) is 5.56 Å². The van der Waals surface area contributed by atoms with Gasteiger partial charge in [-0.3, -0.25) is 4.79 Å². The minimum absolute atomic E-state index is 0.102. The highest BCUT2D eigenvalue weighted by molar-refractivity contribution is 14.1. The molecule has 0 radical (unpaired) electrons. The first-order valence-corrected chi connectivity index (χ1v) is 7.68. The summed E-state index contributed by atoms with van der Waals surface area (Å²) < 4.78 is 1.94. The third-order valence-electron chi connectivity index (χ3n) is 2.80. The van der Waals surface area contributed by atoms with Gasteiger partial charge >= 0.3 is 0 Å². The van der Waals surface area contributed by atoms with E-state index in [4.69, 9.17) is 0 Å². The van der Waals surface area contributed by atoms with Crippen LogP contribution in [0.15, 0.2) is 40.9 Å². The number of hydrogen-bond acceptors (Lipinski definition) is 1. The minimum Gasteiger partial charge on any atom is -0.322 e. The van der Waals surface area contributed by atoms with E-state index in [1.165, 1.54) is 5.56 Å². The average molecular weight is 430 g/mol. The van der Waals surface area contributed by atoms with Gasteiger partial charge in [0.05, 0.1) is 5.56 Å². The van der Waals surface area contributed by atoms with Crippen LogP contribution in [0.5, 0.6) is 0 Å². The molecule has 2 nitrogen and oxygen atoms in total. The Morgan fingerprint density at radius 3 is 2.58 bits per heavy atom. The lowest BCUT2D eigenvalue weighted by Crippen LogP contribution is -2.13. The number of carbonyl (C=O) groups is 1. The van der Waals surface area contributed by atoms with Gasteiger partial charge in [0.2, 0.25) is 0 Å². The number of halogens is 2. The van der Waals surface area contributed by atoms with E-state index in [9.17, 15) is 4.79 Å². The fourth-order valence-electron chi connectivity index (χ4n) is 1.68. The van der Waals surface area contributed by atoms with E-state index in [1.54, 1.807) is 0 Å². The second-order valence-corrected chi connectivity index (χ2v) is 6.42. The van der Waals surface area contributed by atoms with Crippen LogP contribution in [0.1, 0.15) is 21.5 Å². The van der Waals surface area contributed by atoms with Gasteiger partial charge in [-0.1, -0.05) is 17.7 Å². The van der Waals surface area contributed by atoms with Crippen molar-refractivity contribution in [3.05, 3.63) is 61.1 Å². The topological polar surface area (TPSA) is 29.1 Å². The number of anilines is 1. The number of benzene rings is 2. The normalized spacial score (nSPS) is 10.3. The summed E-state index contributed by atoms with van der Waals surface area (Å²) in [7, 11) is 0. The molecule has 1 amide bonds. The van der Waals surface area contributed by atoms with E-state index in [0.717, 1.165) is 19.3 Å². The Kier molecular flexibility index (Phi) is 4.62. The molecule has 0 heterocycles. The van der Waals surface area contributed by atoms with Gasteiger partial charge in [-0.25, -0.2) is 0 Å². The highest BCUT2D eigenvalue weighted by atomic mass is 127. The molecule has 98 valence electrons. The third-order valence-corrected chi connectivity index (χ3v) is 4.65. The number of aryl methyl sites for hydroxylation is 2. The van der Waals surface area contributed by atoms with Crippen LogP contribution >= 0.6 is 38.5 Å². The lowest BCUT2D eigenvalue weighted by molar-refractivity contribution is 0.102. The molecule has 0 bridgehead atoms. The zero-order valence-electron chi connectivity index (χ0n) is 10.6. The highest BCUT2D eigenvalue weighted by Gasteiger charge is 2.10. The van der Waals surface area contributed by atoms with E-state index >= 15 is 0 Å². The van der Waals surface area contributed by atoms with Crippen molar-refractivity contribution >= 4 is 50.1 Å². The van der Waals surface area contributed by atoms with Crippen molar-refractivity contribution < 1.29 is 4.79 Å². The van der Waals surface area contributed by atoms with Crippen LogP contribution in [-0.2, 0) is 0 Å². The molecule has 2 rings (SSSR count). The summed E-state index contributed by atoms with van der Waals surface area (Å²) in [6, 6.07) is 11.6. The second kappa shape index (κ2) is 6.05. The van der Waals surface area contributed by atoms with Crippen LogP contribution in [0.3, 0.4) is 0 Å². The van der Waals surface area contributed by atoms with Crippen molar-refractivity contribution in [2.24, 2.45) is 0 Å². The standard InChI is InChI=1S/C15H13BrINO/c1-9-3-6-13(16)12(7-9)15(19)18-11-5-4-10(2)14(17)8-11/h3-8H,1-2H3,(H,18,19). The van der Waals surface area contributed by atoms with Gasteiger partial charge in [-0.05, 0) is 82.2 Å². The van der Waals surface area contributed by atoms with Crippen LogP contribution in [-0.4, -0.2) is 5.91 Å². The quantitative estimate of drug-likeness (QED) is 0.674. The molecule has 0 saturated heterocycles. The zero-order chi connectivity index (χ0) is 14.0. The maximum absolute atomic E-state index is 12.2. The molecule has 0 atom stereocenters. The molecule has 0 saturated carbocycles. The first-order valence-electron chi connectivity index (χ1n) is 5.81. The lowest BCUT2D eigenvalue weighted by Gasteiger charge is -2.09. The van der Waals surface area contributed by atoms with Gasteiger partial charge < -0.3 is 5.32 Å². The Balaban J connectivity index is 2.25. The van der Waals surface area contributed by atoms with Crippen LogP contribution in [0, 0.1) is 17.4 Å². The summed E-state index contributed by atoms with van der Waals surface area (Å²) >= 11 is 5.67. The molecular weight excluding hydrogens is 417 g/mol. The van der Waals surface area contributed by atoms with Crippen molar-refractivity contribution in [3.63, 3.8) is 0 Å². The molecular formula is C15H13BrINO. The molecule has 0 aliphatic rings. The summed E-state index contributed by atoms with van der Waals surface area (Å²) in [4.78, 5) is 12.2. The molecule has 4 heteroatoms. The SMILES string of the molecule is Cc1ccc(Br)c(C(=O)Nc2ccc(C)c(I)c2)c1. The number of nitrogens with one attached hydrogen (secondary N) is 1. The third kappa shape index (κ3) is 3.57. The minimum atomic E-state index is -0.102. The van der Waals surface area contributed by atoms with E-state index in [-0.39, 0.29) is 5.91 Å². The van der Waals surface area contributed by atoms with Crippen LogP contribution < -0.4 is 5.32 Å². The molecule has 2 aromatic rings. The van der Waals surface area contributed by atoms with Crippen molar-refractivity contribution in [2.45, 2.75) is 13.8 Å². The van der Waals surface area contributed by atoms with Gasteiger partial charge in [0, 0.05) is 13.7 Å². The summed E-state index contributed by atoms with van der Waals surface area (Å²) in [5.41, 5.74) is 3.73. The molecule has 2 aromatic carbocycles. The smallest absolute Gasteiger partial charge is 0.256 e. The van der Waals surface area contributed by atoms with Gasteiger partial charge in [0.15, 0.2) is 0 Å². The van der Waals surface area contributed by atoms with Crippen molar-refractivity contribution in [1.29, 1.82) is 0 Å². The molecule has 0 aliphatic carbocycles. The molecule has 19 heavy (non-hydrogen) atoms. The fourth-order valence-corrected chi connectivity index (χ4v) is 2.62.